The molecule has 2 aromatic carbocycles. The van der Waals surface area contributed by atoms with Gasteiger partial charge in [-0.05, 0) is 80.4 Å². The predicted molar refractivity (Wildman–Crippen MR) is 342 cm³/mol. The van der Waals surface area contributed by atoms with E-state index < -0.39 is 0 Å². The molecule has 0 radical (unpaired) electrons. The van der Waals surface area contributed by atoms with Crippen molar-refractivity contribution in [3.63, 3.8) is 0 Å². The number of rotatable bonds is 5. The van der Waals surface area contributed by atoms with Gasteiger partial charge in [0.2, 0.25) is 0 Å². The molecule has 0 bridgehead atoms. The van der Waals surface area contributed by atoms with Gasteiger partial charge < -0.3 is 14.7 Å². The highest BCUT2D eigenvalue weighted by atomic mass is 15.4. The number of nitrogens with zero attached hydrogens (tertiary/aromatic N) is 4. The number of hydrogen-bond donors (Lipinski definition) is 0. The Balaban J connectivity index is 1.37. The maximum atomic E-state index is 3.15. The molecule has 2 saturated heterocycles. The topological polar surface area (TPSA) is 13.0 Å². The Morgan fingerprint density at radius 2 is 0.778 bits per heavy atom. The third-order valence-corrected chi connectivity index (χ3v) is 21.3. The third-order valence-electron chi connectivity index (χ3n) is 21.3. The van der Waals surface area contributed by atoms with Crippen LogP contribution in [0.2, 0.25) is 58.2 Å². The number of fused-ring (bicyclic) bond motifs is 4. The van der Waals surface area contributed by atoms with Gasteiger partial charge in [0, 0.05) is 34.9 Å². The number of allylic oxidation sites excluding steroid dienone is 5. The van der Waals surface area contributed by atoms with Crippen LogP contribution in [-0.2, 0) is 10.8 Å². The summed E-state index contributed by atoms with van der Waals surface area (Å²) in [6.45, 7) is 28.5. The Bertz CT molecular complexity index is 2450. The highest BCUT2D eigenvalue weighted by molar-refractivity contribution is 6.34. The molecule has 0 N–H and O–H groups in total. The van der Waals surface area contributed by atoms with Gasteiger partial charge in [0.25, 0.3) is 0 Å². The molecule has 0 amide bonds. The average Bonchev–Trinajstić information content (AvgIpc) is 3.31. The lowest BCUT2D eigenvalue weighted by Gasteiger charge is -2.66. The Morgan fingerprint density at radius 3 is 1.18 bits per heavy atom. The minimum absolute atomic E-state index is 0.0174. The van der Waals surface area contributed by atoms with Gasteiger partial charge in [0.05, 0.1) is 36.3 Å². The summed E-state index contributed by atoms with van der Waals surface area (Å²) in [6.07, 6.45) is 21.3. The Morgan fingerprint density at radius 1 is 0.403 bits per heavy atom. The van der Waals surface area contributed by atoms with Crippen LogP contribution in [0.3, 0.4) is 0 Å². The van der Waals surface area contributed by atoms with Crippen LogP contribution in [0.5, 0.6) is 0 Å². The molecule has 7 aliphatic rings. The molecule has 72 heavy (non-hydrogen) atoms. The summed E-state index contributed by atoms with van der Waals surface area (Å²) >= 11 is 0. The summed E-state index contributed by atoms with van der Waals surface area (Å²) in [5.74, 6) is 6.04. The number of piperazine rings is 2. The smallest absolute Gasteiger partial charge is 0.107 e. The molecule has 4 fully saturated rings. The molecule has 14 unspecified atom stereocenters. The van der Waals surface area contributed by atoms with Gasteiger partial charge >= 0.3 is 0 Å². The SMILES string of the molecule is BC1C(B)C(B)C(N(C2=CC3C4C(=C2)N(c2ccc(C(C)(C)C)cc2)C2C=CC(C(C)(C)C)=CC2N4C2C=C(C(C)(C)C)C=CC2N3c2ccc(C(C)(C)C)cc2)C2C(B)C(B)C(B)C(B)C2B)C(B)C1B. The number of hydrogen-bond acceptors (Lipinski definition) is 4. The average molecular weight is 952 g/mol. The van der Waals surface area contributed by atoms with E-state index in [0.717, 1.165) is 0 Å². The highest BCUT2D eigenvalue weighted by Crippen LogP contribution is 2.61. The first kappa shape index (κ1) is 53.7. The van der Waals surface area contributed by atoms with E-state index in [1.165, 1.54) is 45.0 Å². The van der Waals surface area contributed by atoms with Crippen molar-refractivity contribution in [3.05, 3.63) is 131 Å². The fourth-order valence-corrected chi connectivity index (χ4v) is 15.5. The second-order valence-electron chi connectivity index (χ2n) is 29.3. The standard InChI is InChI=1S/C58H90B10N4/c1-55(2,3)29-13-19-33(20-14-29)69-36-23-17-31(57(7,8)9)25-38(36)72-39-26-32(58(10,11)12)18-24-37(39)70(34-21-15-30(16-22-34)56(4,5)6)41-28-35(27-40(69)52(41)72)71(53-48(65)44(61)42(59)45(62)49(53)66)54-50(67)46(63)43(60)47(64)51(54)68/h13-28,36-40,42-54H,59-68H2,1-12H3. The Labute approximate surface area is 449 Å². The van der Waals surface area contributed by atoms with E-state index in [1.807, 2.05) is 0 Å². The van der Waals surface area contributed by atoms with Crippen molar-refractivity contribution in [2.24, 2.45) is 10.8 Å². The van der Waals surface area contributed by atoms with Crippen molar-refractivity contribution in [3.8, 4) is 0 Å². The molecule has 14 heteroatoms. The lowest BCUT2D eigenvalue weighted by Crippen LogP contribution is -2.77. The highest BCUT2D eigenvalue weighted by Gasteiger charge is 2.59. The summed E-state index contributed by atoms with van der Waals surface area (Å²) in [4.78, 5) is 12.0. The van der Waals surface area contributed by atoms with Crippen molar-refractivity contribution < 1.29 is 0 Å². The van der Waals surface area contributed by atoms with E-state index in [2.05, 4.69) is 278 Å². The predicted octanol–water partition coefficient (Wildman–Crippen LogP) is 4.28. The zero-order valence-electron chi connectivity index (χ0n) is 49.4. The van der Waals surface area contributed by atoms with Gasteiger partial charge in [-0.3, -0.25) is 4.90 Å². The molecule has 2 saturated carbocycles. The van der Waals surface area contributed by atoms with Crippen molar-refractivity contribution in [1.29, 1.82) is 0 Å². The van der Waals surface area contributed by atoms with E-state index in [1.54, 1.807) is 0 Å². The van der Waals surface area contributed by atoms with Crippen LogP contribution >= 0.6 is 0 Å². The van der Waals surface area contributed by atoms with Crippen molar-refractivity contribution >= 4 is 89.8 Å². The molecule has 0 spiro atoms. The number of benzene rings is 2. The van der Waals surface area contributed by atoms with E-state index in [9.17, 15) is 0 Å². The second kappa shape index (κ2) is 18.9. The van der Waals surface area contributed by atoms with Crippen LogP contribution in [0.1, 0.15) is 94.2 Å². The molecule has 2 aromatic rings. The summed E-state index contributed by atoms with van der Waals surface area (Å²) in [5.41, 5.74) is 11.3. The number of anilines is 2. The normalized spacial score (nSPS) is 38.1. The van der Waals surface area contributed by atoms with Gasteiger partial charge in [0.1, 0.15) is 78.5 Å². The molecule has 4 nitrogen and oxygen atoms in total. The van der Waals surface area contributed by atoms with Crippen LogP contribution in [0.25, 0.3) is 0 Å². The zero-order chi connectivity index (χ0) is 52.6. The van der Waals surface area contributed by atoms with Gasteiger partial charge in [-0.1, -0.05) is 202 Å². The first-order valence-electron chi connectivity index (χ1n) is 29.0. The summed E-state index contributed by atoms with van der Waals surface area (Å²) in [5, 5.41) is 0. The Kier molecular flexibility index (Phi) is 14.1. The van der Waals surface area contributed by atoms with Gasteiger partial charge in [-0.2, -0.15) is 0 Å². The monoisotopic (exact) mass is 953 g/mol. The van der Waals surface area contributed by atoms with Crippen LogP contribution < -0.4 is 9.80 Å². The largest absolute Gasteiger partial charge is 0.368 e. The summed E-state index contributed by atoms with van der Waals surface area (Å²) < 4.78 is 0. The van der Waals surface area contributed by atoms with E-state index in [0.29, 0.717) is 70.3 Å². The summed E-state index contributed by atoms with van der Waals surface area (Å²) in [6, 6.07) is 21.2. The quantitative estimate of drug-likeness (QED) is 0.416. The minimum atomic E-state index is 0.0174. The second-order valence-corrected chi connectivity index (χ2v) is 29.3. The zero-order valence-corrected chi connectivity index (χ0v) is 49.4. The van der Waals surface area contributed by atoms with E-state index in [-0.39, 0.29) is 57.9 Å². The molecule has 2 aliphatic heterocycles. The van der Waals surface area contributed by atoms with Crippen LogP contribution in [0, 0.1) is 10.8 Å². The van der Waals surface area contributed by atoms with Crippen LogP contribution in [0.4, 0.5) is 11.4 Å². The first-order valence-corrected chi connectivity index (χ1v) is 29.0. The first-order chi connectivity index (χ1) is 33.4. The molecule has 372 valence electrons. The van der Waals surface area contributed by atoms with Crippen LogP contribution in [0.15, 0.2) is 120 Å². The van der Waals surface area contributed by atoms with Gasteiger partial charge in [0.15, 0.2) is 0 Å². The van der Waals surface area contributed by atoms with Crippen molar-refractivity contribution in [1.82, 2.24) is 9.80 Å². The summed E-state index contributed by atoms with van der Waals surface area (Å²) in [7, 11) is 26.0. The fraction of sp³-hybridized carbons (Fsp3) is 0.586. The molecule has 5 aliphatic carbocycles. The fourth-order valence-electron chi connectivity index (χ4n) is 15.5. The molecule has 14 atom stereocenters. The molecular formula is C58H90B10N4. The van der Waals surface area contributed by atoms with E-state index >= 15 is 0 Å². The molecule has 2 heterocycles. The molecular weight excluding hydrogens is 861 g/mol. The van der Waals surface area contributed by atoms with Crippen LogP contribution in [-0.4, -0.2) is 137 Å². The van der Waals surface area contributed by atoms with Gasteiger partial charge in [-0.15, -0.1) is 0 Å². The Hall–Kier alpha value is -3.11. The van der Waals surface area contributed by atoms with Crippen molar-refractivity contribution in [2.75, 3.05) is 9.80 Å². The minimum Gasteiger partial charge on any atom is -0.368 e. The maximum absolute atomic E-state index is 3.15. The maximum Gasteiger partial charge on any atom is 0.107 e. The van der Waals surface area contributed by atoms with Gasteiger partial charge in [-0.25, -0.2) is 0 Å². The molecule has 9 rings (SSSR count). The van der Waals surface area contributed by atoms with Crippen molar-refractivity contribution in [2.45, 2.75) is 200 Å². The third kappa shape index (κ3) is 9.07. The molecule has 0 aromatic heterocycles. The van der Waals surface area contributed by atoms with E-state index in [4.69, 9.17) is 0 Å². The lowest BCUT2D eigenvalue weighted by molar-refractivity contribution is 0.0575. The lowest BCUT2D eigenvalue weighted by atomic mass is 9.36.